The molecule has 6 heteroatoms. The fraction of sp³-hybridized carbons (Fsp3) is 0.105. The Morgan fingerprint density at radius 3 is 2.34 bits per heavy atom. The summed E-state index contributed by atoms with van der Waals surface area (Å²) < 4.78 is 8.59. The van der Waals surface area contributed by atoms with Crippen molar-refractivity contribution in [3.63, 3.8) is 0 Å². The first-order chi connectivity index (χ1) is 21.0. The van der Waals surface area contributed by atoms with Crippen LogP contribution in [0.4, 0.5) is 17.1 Å². The van der Waals surface area contributed by atoms with Crippen molar-refractivity contribution in [2.24, 2.45) is 0 Å². The van der Waals surface area contributed by atoms with Crippen LogP contribution in [0.25, 0.3) is 38.6 Å². The fourth-order valence-electron chi connectivity index (χ4n) is 6.07. The molecule has 0 fully saturated rings. The van der Waals surface area contributed by atoms with Crippen LogP contribution in [0.15, 0.2) is 109 Å². The maximum absolute atomic E-state index is 6.42. The SMILES string of the molecule is Cc1ccccc1-c1cn2c3ccccc3c3ccc(Oc4[c-]c(N5[CH-]N(C(C)C)c6ccccc65)ccc4)[c-]c3c2n1.[Pt]. The van der Waals surface area contributed by atoms with E-state index in [0.717, 1.165) is 50.0 Å². The largest absolute Gasteiger partial charge is 0.503 e. The molecule has 8 rings (SSSR count). The van der Waals surface area contributed by atoms with E-state index in [4.69, 9.17) is 9.72 Å². The number of nitrogens with zero attached hydrogens (tertiary/aromatic N) is 4. The second-order valence-corrected chi connectivity index (χ2v) is 11.2. The zero-order chi connectivity index (χ0) is 29.1. The second-order valence-electron chi connectivity index (χ2n) is 11.2. The number of ether oxygens (including phenoxy) is 1. The Morgan fingerprint density at radius 1 is 0.750 bits per heavy atom. The first kappa shape index (κ1) is 28.2. The standard InChI is InChI=1S/C38H29N4O.Pt/c1-25(2)41-24-42(37-18-9-8-17-36(37)41)27-12-10-13-28(21-27)43-29-19-20-31-32-15-6-7-16-35(32)40-23-34(39-38(40)33(31)22-29)30-14-5-4-11-26(30)3;/h4-20,23-25H,1-3H3;/q-3;. The van der Waals surface area contributed by atoms with Crippen molar-refractivity contribution >= 4 is 44.4 Å². The monoisotopic (exact) mass is 752 g/mol. The Labute approximate surface area is 271 Å². The molecule has 1 aliphatic heterocycles. The van der Waals surface area contributed by atoms with Gasteiger partial charge in [-0.15, -0.1) is 36.0 Å². The van der Waals surface area contributed by atoms with Crippen LogP contribution in [-0.2, 0) is 21.1 Å². The molecule has 0 saturated carbocycles. The van der Waals surface area contributed by atoms with Crippen LogP contribution < -0.4 is 14.5 Å². The van der Waals surface area contributed by atoms with E-state index in [1.54, 1.807) is 0 Å². The zero-order valence-electron chi connectivity index (χ0n) is 24.6. The molecule has 5 aromatic carbocycles. The summed E-state index contributed by atoms with van der Waals surface area (Å²) in [7, 11) is 0. The summed E-state index contributed by atoms with van der Waals surface area (Å²) in [5, 5.41) is 3.15. The van der Waals surface area contributed by atoms with Gasteiger partial charge >= 0.3 is 0 Å². The number of rotatable bonds is 5. The Bertz CT molecular complexity index is 2170. The van der Waals surface area contributed by atoms with Gasteiger partial charge in [0, 0.05) is 61.2 Å². The van der Waals surface area contributed by atoms with E-state index in [2.05, 4.69) is 145 Å². The summed E-state index contributed by atoms with van der Waals surface area (Å²) in [6.45, 7) is 8.65. The molecule has 3 heterocycles. The molecule has 0 N–H and O–H groups in total. The van der Waals surface area contributed by atoms with Crippen LogP contribution in [0, 0.1) is 25.7 Å². The molecule has 0 saturated heterocycles. The molecule has 2 aromatic heterocycles. The van der Waals surface area contributed by atoms with E-state index in [-0.39, 0.29) is 21.1 Å². The molecular weight excluding hydrogens is 724 g/mol. The number of imidazole rings is 1. The molecule has 7 aromatic rings. The normalized spacial score (nSPS) is 12.7. The summed E-state index contributed by atoms with van der Waals surface area (Å²) in [5.74, 6) is 1.25. The third kappa shape index (κ3) is 4.63. The molecule has 0 radical (unpaired) electrons. The molecule has 1 aliphatic rings. The van der Waals surface area contributed by atoms with Gasteiger partial charge in [0.15, 0.2) is 0 Å². The van der Waals surface area contributed by atoms with Gasteiger partial charge in [-0.05, 0) is 56.0 Å². The maximum Gasteiger partial charge on any atom is 0.0774 e. The van der Waals surface area contributed by atoms with E-state index < -0.39 is 0 Å². The van der Waals surface area contributed by atoms with Gasteiger partial charge in [-0.1, -0.05) is 71.4 Å². The van der Waals surface area contributed by atoms with Gasteiger partial charge in [0.25, 0.3) is 0 Å². The van der Waals surface area contributed by atoms with E-state index in [0.29, 0.717) is 17.5 Å². The molecule has 0 atom stereocenters. The van der Waals surface area contributed by atoms with Crippen LogP contribution in [0.2, 0.25) is 0 Å². The molecule has 0 aliphatic carbocycles. The van der Waals surface area contributed by atoms with Crippen molar-refractivity contribution in [3.8, 4) is 22.8 Å². The minimum Gasteiger partial charge on any atom is -0.503 e. The summed E-state index contributed by atoms with van der Waals surface area (Å²) in [6, 6.07) is 42.7. The van der Waals surface area contributed by atoms with Crippen molar-refractivity contribution in [3.05, 3.63) is 134 Å². The molecule has 0 spiro atoms. The van der Waals surface area contributed by atoms with Gasteiger partial charge in [0.2, 0.25) is 0 Å². The van der Waals surface area contributed by atoms with Gasteiger partial charge in [0.1, 0.15) is 0 Å². The number of fused-ring (bicyclic) bond motifs is 7. The number of hydrogen-bond acceptors (Lipinski definition) is 4. The van der Waals surface area contributed by atoms with Gasteiger partial charge in [-0.3, -0.25) is 4.98 Å². The van der Waals surface area contributed by atoms with E-state index in [1.807, 2.05) is 18.2 Å². The Kier molecular flexibility index (Phi) is 7.14. The third-order valence-electron chi connectivity index (χ3n) is 8.17. The van der Waals surface area contributed by atoms with Crippen LogP contribution in [0.5, 0.6) is 11.5 Å². The minimum absolute atomic E-state index is 0. The average molecular weight is 753 g/mol. The molecule has 5 nitrogen and oxygen atoms in total. The maximum atomic E-state index is 6.42. The van der Waals surface area contributed by atoms with E-state index >= 15 is 0 Å². The summed E-state index contributed by atoms with van der Waals surface area (Å²) >= 11 is 0. The third-order valence-corrected chi connectivity index (χ3v) is 8.17. The molecule has 0 unspecified atom stereocenters. The van der Waals surface area contributed by atoms with Gasteiger partial charge in [0.05, 0.1) is 11.3 Å². The van der Waals surface area contributed by atoms with Crippen LogP contribution in [0.1, 0.15) is 19.4 Å². The number of benzene rings is 5. The molecule has 220 valence electrons. The van der Waals surface area contributed by atoms with Crippen LogP contribution >= 0.6 is 0 Å². The topological polar surface area (TPSA) is 33.0 Å². The number of hydrogen-bond donors (Lipinski definition) is 0. The van der Waals surface area contributed by atoms with Gasteiger partial charge in [-0.25, -0.2) is 0 Å². The summed E-state index contributed by atoms with van der Waals surface area (Å²) in [6.07, 6.45) is 2.13. The number of aromatic nitrogens is 2. The summed E-state index contributed by atoms with van der Waals surface area (Å²) in [5.41, 5.74) is 8.44. The number of aryl methyl sites for hydroxylation is 1. The van der Waals surface area contributed by atoms with E-state index in [1.165, 1.54) is 11.3 Å². The molecule has 0 bridgehead atoms. The number of pyridine rings is 1. The second kappa shape index (κ2) is 11.2. The van der Waals surface area contributed by atoms with Crippen molar-refractivity contribution in [1.29, 1.82) is 0 Å². The number of para-hydroxylation sites is 3. The quantitative estimate of drug-likeness (QED) is 0.130. The predicted octanol–water partition coefficient (Wildman–Crippen LogP) is 9.49. The first-order valence-corrected chi connectivity index (χ1v) is 14.6. The van der Waals surface area contributed by atoms with Crippen molar-refractivity contribution in [1.82, 2.24) is 9.38 Å². The van der Waals surface area contributed by atoms with Gasteiger partial charge < -0.3 is 18.9 Å². The first-order valence-electron chi connectivity index (χ1n) is 14.6. The average Bonchev–Trinajstić information content (AvgIpc) is 3.65. The zero-order valence-corrected chi connectivity index (χ0v) is 26.8. The molecule has 44 heavy (non-hydrogen) atoms. The fourth-order valence-corrected chi connectivity index (χ4v) is 6.07. The molecular formula is C38H29N4OPt-3. The Morgan fingerprint density at radius 2 is 1.50 bits per heavy atom. The Hall–Kier alpha value is -4.60. The summed E-state index contributed by atoms with van der Waals surface area (Å²) in [4.78, 5) is 9.58. The Balaban J connectivity index is 0.00000312. The van der Waals surface area contributed by atoms with Crippen molar-refractivity contribution < 1.29 is 25.8 Å². The number of anilines is 3. The molecule has 0 amide bonds. The van der Waals surface area contributed by atoms with Crippen LogP contribution in [-0.4, -0.2) is 15.4 Å². The van der Waals surface area contributed by atoms with Gasteiger partial charge in [-0.2, -0.15) is 12.7 Å². The van der Waals surface area contributed by atoms with Crippen molar-refractivity contribution in [2.75, 3.05) is 9.80 Å². The van der Waals surface area contributed by atoms with Crippen molar-refractivity contribution in [2.45, 2.75) is 26.8 Å². The predicted molar refractivity (Wildman–Crippen MR) is 175 cm³/mol. The van der Waals surface area contributed by atoms with E-state index in [9.17, 15) is 0 Å². The van der Waals surface area contributed by atoms with Crippen LogP contribution in [0.3, 0.4) is 0 Å². The smallest absolute Gasteiger partial charge is 0.0774 e. The minimum atomic E-state index is 0.